The van der Waals surface area contributed by atoms with E-state index in [1.807, 2.05) is 54.6 Å². The fraction of sp³-hybridized carbons (Fsp3) is 0.346. The molecule has 2 unspecified atom stereocenters. The van der Waals surface area contributed by atoms with Crippen molar-refractivity contribution in [1.82, 2.24) is 19.8 Å². The van der Waals surface area contributed by atoms with Gasteiger partial charge in [-0.1, -0.05) is 42.5 Å². The van der Waals surface area contributed by atoms with Crippen molar-refractivity contribution in [3.8, 4) is 17.1 Å². The normalized spacial score (nSPS) is 19.0. The minimum absolute atomic E-state index is 0.0677. The van der Waals surface area contributed by atoms with E-state index in [1.54, 1.807) is 14.2 Å². The summed E-state index contributed by atoms with van der Waals surface area (Å²) in [5.74, 6) is 1.48. The number of methoxy groups -OCH3 is 1. The van der Waals surface area contributed by atoms with Gasteiger partial charge in [0.25, 0.3) is 5.91 Å². The smallest absolute Gasteiger partial charge is 0.271 e. The average molecular weight is 445 g/mol. The Kier molecular flexibility index (Phi) is 5.62. The van der Waals surface area contributed by atoms with Crippen LogP contribution in [0.5, 0.6) is 5.75 Å². The SMILES string of the molecule is CNC(=O)c1nc(-c2ccccc2)n2c1CC1CCC(C2)N1C(=O)Cc1cccc(OC)c1. The first-order chi connectivity index (χ1) is 16.1. The molecule has 2 atom stereocenters. The lowest BCUT2D eigenvalue weighted by atomic mass is 10.0. The van der Waals surface area contributed by atoms with Crippen molar-refractivity contribution in [2.45, 2.75) is 44.3 Å². The second-order valence-electron chi connectivity index (χ2n) is 8.70. The van der Waals surface area contributed by atoms with Gasteiger partial charge in [-0.2, -0.15) is 0 Å². The van der Waals surface area contributed by atoms with Crippen molar-refractivity contribution in [2.75, 3.05) is 14.2 Å². The zero-order chi connectivity index (χ0) is 22.9. The quantitative estimate of drug-likeness (QED) is 0.656. The number of rotatable bonds is 5. The largest absolute Gasteiger partial charge is 0.497 e. The Hall–Kier alpha value is -3.61. The maximum atomic E-state index is 13.5. The highest BCUT2D eigenvalue weighted by Crippen LogP contribution is 2.36. The van der Waals surface area contributed by atoms with E-state index in [0.717, 1.165) is 41.2 Å². The zero-order valence-corrected chi connectivity index (χ0v) is 19.0. The van der Waals surface area contributed by atoms with Crippen LogP contribution in [0.3, 0.4) is 0 Å². The number of imidazole rings is 1. The molecule has 7 heteroatoms. The van der Waals surface area contributed by atoms with E-state index < -0.39 is 0 Å². The lowest BCUT2D eigenvalue weighted by molar-refractivity contribution is -0.133. The molecule has 1 saturated heterocycles. The highest BCUT2D eigenvalue weighted by Gasteiger charge is 2.42. The maximum absolute atomic E-state index is 13.5. The summed E-state index contributed by atoms with van der Waals surface area (Å²) in [5.41, 5.74) is 3.30. The van der Waals surface area contributed by atoms with Crippen LogP contribution >= 0.6 is 0 Å². The van der Waals surface area contributed by atoms with Gasteiger partial charge in [-0.15, -0.1) is 0 Å². The van der Waals surface area contributed by atoms with Gasteiger partial charge in [0.05, 0.1) is 25.3 Å². The minimum Gasteiger partial charge on any atom is -0.497 e. The van der Waals surface area contributed by atoms with Crippen LogP contribution in [-0.2, 0) is 24.2 Å². The van der Waals surface area contributed by atoms with Crippen molar-refractivity contribution < 1.29 is 14.3 Å². The van der Waals surface area contributed by atoms with Crippen LogP contribution in [-0.4, -0.2) is 52.5 Å². The number of benzene rings is 2. The molecule has 170 valence electrons. The van der Waals surface area contributed by atoms with E-state index in [0.29, 0.717) is 25.1 Å². The second-order valence-corrected chi connectivity index (χ2v) is 8.70. The molecule has 0 saturated carbocycles. The van der Waals surface area contributed by atoms with E-state index in [-0.39, 0.29) is 23.9 Å². The van der Waals surface area contributed by atoms with Crippen LogP contribution in [0.2, 0.25) is 0 Å². The number of carbonyl (C=O) groups is 2. The monoisotopic (exact) mass is 444 g/mol. The lowest BCUT2D eigenvalue weighted by Crippen LogP contribution is -2.43. The summed E-state index contributed by atoms with van der Waals surface area (Å²) in [4.78, 5) is 33.0. The summed E-state index contributed by atoms with van der Waals surface area (Å²) in [5, 5.41) is 2.73. The molecule has 1 aromatic heterocycles. The number of carbonyl (C=O) groups excluding carboxylic acids is 2. The van der Waals surface area contributed by atoms with E-state index in [9.17, 15) is 9.59 Å². The molecule has 0 aliphatic carbocycles. The Morgan fingerprint density at radius 3 is 2.64 bits per heavy atom. The summed E-state index contributed by atoms with van der Waals surface area (Å²) in [6, 6.07) is 17.8. The van der Waals surface area contributed by atoms with Crippen molar-refractivity contribution in [2.24, 2.45) is 0 Å². The van der Waals surface area contributed by atoms with Gasteiger partial charge in [0, 0.05) is 31.6 Å². The number of ether oxygens (including phenoxy) is 1. The number of nitrogens with one attached hydrogen (secondary N) is 1. The standard InChI is InChI=1S/C26H28N4O3/c1-27-26(32)24-22-15-19-11-12-20(16-29(22)25(28-24)18-8-4-3-5-9-18)30(19)23(31)14-17-7-6-10-21(13-17)33-2/h3-10,13,19-20H,11-12,14-16H2,1-2H3,(H,27,32). The number of aromatic nitrogens is 2. The molecule has 2 amide bonds. The summed E-state index contributed by atoms with van der Waals surface area (Å²) >= 11 is 0. The molecule has 2 aromatic carbocycles. The molecule has 33 heavy (non-hydrogen) atoms. The molecule has 5 rings (SSSR count). The first-order valence-corrected chi connectivity index (χ1v) is 11.4. The highest BCUT2D eigenvalue weighted by atomic mass is 16.5. The predicted molar refractivity (Wildman–Crippen MR) is 125 cm³/mol. The number of hydrogen-bond donors (Lipinski definition) is 1. The van der Waals surface area contributed by atoms with Gasteiger partial charge in [0.15, 0.2) is 0 Å². The lowest BCUT2D eigenvalue weighted by Gasteiger charge is -2.28. The Morgan fingerprint density at radius 2 is 1.88 bits per heavy atom. The average Bonchev–Trinajstić information content (AvgIpc) is 3.35. The van der Waals surface area contributed by atoms with Crippen molar-refractivity contribution in [3.05, 3.63) is 71.5 Å². The molecule has 1 N–H and O–H groups in total. The Labute approximate surface area is 193 Å². The topological polar surface area (TPSA) is 76.5 Å². The van der Waals surface area contributed by atoms with E-state index in [2.05, 4.69) is 14.8 Å². The number of hydrogen-bond acceptors (Lipinski definition) is 4. The van der Waals surface area contributed by atoms with Gasteiger partial charge < -0.3 is 19.5 Å². The second kappa shape index (κ2) is 8.73. The van der Waals surface area contributed by atoms with Gasteiger partial charge in [0.1, 0.15) is 17.3 Å². The van der Waals surface area contributed by atoms with Gasteiger partial charge in [0.2, 0.25) is 5.91 Å². The third-order valence-electron chi connectivity index (χ3n) is 6.77. The minimum atomic E-state index is -0.187. The fourth-order valence-electron chi connectivity index (χ4n) is 5.23. The Bertz CT molecular complexity index is 1190. The number of fused-ring (bicyclic) bond motifs is 3. The van der Waals surface area contributed by atoms with Gasteiger partial charge in [-0.05, 0) is 30.5 Å². The summed E-state index contributed by atoms with van der Waals surface area (Å²) in [6.07, 6.45) is 2.86. The highest BCUT2D eigenvalue weighted by molar-refractivity contribution is 5.94. The molecule has 3 heterocycles. The van der Waals surface area contributed by atoms with Crippen LogP contribution < -0.4 is 10.1 Å². The fourth-order valence-corrected chi connectivity index (χ4v) is 5.23. The third kappa shape index (κ3) is 3.88. The first kappa shape index (κ1) is 21.2. The first-order valence-electron chi connectivity index (χ1n) is 11.4. The molecule has 1 fully saturated rings. The summed E-state index contributed by atoms with van der Waals surface area (Å²) in [7, 11) is 3.26. The Balaban J connectivity index is 1.48. The van der Waals surface area contributed by atoms with Crippen molar-refractivity contribution in [3.63, 3.8) is 0 Å². The number of nitrogens with zero attached hydrogens (tertiary/aromatic N) is 3. The van der Waals surface area contributed by atoms with Crippen LogP contribution in [0.25, 0.3) is 11.4 Å². The third-order valence-corrected chi connectivity index (χ3v) is 6.77. The zero-order valence-electron chi connectivity index (χ0n) is 19.0. The van der Waals surface area contributed by atoms with Crippen LogP contribution in [0.15, 0.2) is 54.6 Å². The molecule has 0 spiro atoms. The van der Waals surface area contributed by atoms with E-state index in [1.165, 1.54) is 0 Å². The summed E-state index contributed by atoms with van der Waals surface area (Å²) in [6.45, 7) is 0.643. The van der Waals surface area contributed by atoms with Crippen LogP contribution in [0.1, 0.15) is 34.6 Å². The van der Waals surface area contributed by atoms with Gasteiger partial charge >= 0.3 is 0 Å². The van der Waals surface area contributed by atoms with Gasteiger partial charge in [-0.3, -0.25) is 9.59 Å². The molecular formula is C26H28N4O3. The molecule has 0 radical (unpaired) electrons. The van der Waals surface area contributed by atoms with Gasteiger partial charge in [-0.25, -0.2) is 4.98 Å². The van der Waals surface area contributed by atoms with Crippen LogP contribution in [0.4, 0.5) is 0 Å². The van der Waals surface area contributed by atoms with Crippen molar-refractivity contribution in [1.29, 1.82) is 0 Å². The van der Waals surface area contributed by atoms with E-state index >= 15 is 0 Å². The molecule has 2 aliphatic rings. The molecule has 7 nitrogen and oxygen atoms in total. The molecule has 2 bridgehead atoms. The van der Waals surface area contributed by atoms with Crippen LogP contribution in [0, 0.1) is 0 Å². The number of amides is 2. The summed E-state index contributed by atoms with van der Waals surface area (Å²) < 4.78 is 7.48. The maximum Gasteiger partial charge on any atom is 0.271 e. The molecule has 2 aliphatic heterocycles. The Morgan fingerprint density at radius 1 is 1.09 bits per heavy atom. The molecule has 3 aromatic rings. The van der Waals surface area contributed by atoms with Crippen molar-refractivity contribution >= 4 is 11.8 Å². The van der Waals surface area contributed by atoms with E-state index in [4.69, 9.17) is 9.72 Å². The molecular weight excluding hydrogens is 416 g/mol. The predicted octanol–water partition coefficient (Wildman–Crippen LogP) is 3.08.